The van der Waals surface area contributed by atoms with Crippen molar-refractivity contribution in [2.75, 3.05) is 18.4 Å². The molecule has 2 amide bonds. The fourth-order valence-corrected chi connectivity index (χ4v) is 2.54. The normalized spacial score (nSPS) is 14.6. The van der Waals surface area contributed by atoms with Gasteiger partial charge in [0.15, 0.2) is 0 Å². The van der Waals surface area contributed by atoms with Crippen LogP contribution in [-0.4, -0.2) is 35.0 Å². The second-order valence-corrected chi connectivity index (χ2v) is 5.74. The third kappa shape index (κ3) is 3.60. The van der Waals surface area contributed by atoms with E-state index in [4.69, 9.17) is 0 Å². The molecule has 112 valence electrons. The number of anilines is 1. The summed E-state index contributed by atoms with van der Waals surface area (Å²) < 4.78 is 0.687. The van der Waals surface area contributed by atoms with Gasteiger partial charge in [0, 0.05) is 24.4 Å². The molecule has 0 unspecified atom stereocenters. The Morgan fingerprint density at radius 3 is 2.81 bits per heavy atom. The minimum atomic E-state index is -1.26. The van der Waals surface area contributed by atoms with Gasteiger partial charge in [0.25, 0.3) is 5.91 Å². The lowest BCUT2D eigenvalue weighted by atomic mass is 10.1. The van der Waals surface area contributed by atoms with E-state index in [1.807, 2.05) is 19.9 Å². The molecular weight excluding hydrogens is 338 g/mol. The van der Waals surface area contributed by atoms with E-state index in [0.29, 0.717) is 28.8 Å². The van der Waals surface area contributed by atoms with E-state index >= 15 is 0 Å². The smallest absolute Gasteiger partial charge is 0.254 e. The summed E-state index contributed by atoms with van der Waals surface area (Å²) in [5.74, 6) is 0.0759. The first-order chi connectivity index (χ1) is 9.88. The summed E-state index contributed by atoms with van der Waals surface area (Å²) in [5.41, 5.74) is 2.24. The monoisotopic (exact) mass is 352 g/mol. The van der Waals surface area contributed by atoms with Crippen LogP contribution in [0.4, 0.5) is 10.6 Å². The van der Waals surface area contributed by atoms with Gasteiger partial charge in [0.05, 0.1) is 4.47 Å². The first-order valence-electron chi connectivity index (χ1n) is 6.48. The Balaban J connectivity index is 2.13. The second kappa shape index (κ2) is 6.26. The van der Waals surface area contributed by atoms with Crippen molar-refractivity contribution < 1.29 is 14.7 Å². The van der Waals surface area contributed by atoms with Crippen molar-refractivity contribution in [3.8, 4) is 0 Å². The molecule has 1 aromatic rings. The summed E-state index contributed by atoms with van der Waals surface area (Å²) >= 11 is 3.36. The van der Waals surface area contributed by atoms with Gasteiger partial charge in [0.1, 0.15) is 11.9 Å². The Labute approximate surface area is 131 Å². The van der Waals surface area contributed by atoms with Gasteiger partial charge in [-0.25, -0.2) is 4.98 Å². The fraction of sp³-hybridized carbons (Fsp3) is 0.357. The van der Waals surface area contributed by atoms with E-state index in [-0.39, 0.29) is 12.5 Å². The average Bonchev–Trinajstić information content (AvgIpc) is 2.44. The number of carbonyl (C=O) groups excluding carboxylic acids is 2. The molecule has 0 bridgehead atoms. The second-order valence-electron chi connectivity index (χ2n) is 4.88. The van der Waals surface area contributed by atoms with Gasteiger partial charge >= 0.3 is 0 Å². The number of amides is 2. The summed E-state index contributed by atoms with van der Waals surface area (Å²) in [6, 6.07) is 1.88. The molecule has 2 rings (SSSR count). The third-order valence-electron chi connectivity index (χ3n) is 3.35. The number of aromatic nitrogens is 1. The van der Waals surface area contributed by atoms with E-state index in [2.05, 4.69) is 26.2 Å². The lowest BCUT2D eigenvalue weighted by molar-refractivity contribution is -0.265. The van der Waals surface area contributed by atoms with Crippen LogP contribution < -0.4 is 10.4 Å². The highest BCUT2D eigenvalue weighted by atomic mass is 79.9. The van der Waals surface area contributed by atoms with Crippen molar-refractivity contribution in [1.82, 2.24) is 9.88 Å². The SMILES string of the molecule is Cc1cc(Br)c(NC(=O)C2=CCCN(C(=O)[O-])C2)nc1C. The number of pyridine rings is 1. The molecule has 21 heavy (non-hydrogen) atoms. The topological polar surface area (TPSA) is 85.4 Å². The molecule has 1 aliphatic heterocycles. The Kier molecular flexibility index (Phi) is 4.62. The van der Waals surface area contributed by atoms with Crippen LogP contribution in [0.5, 0.6) is 0 Å². The Morgan fingerprint density at radius 1 is 1.43 bits per heavy atom. The van der Waals surface area contributed by atoms with Gasteiger partial charge < -0.3 is 20.1 Å². The molecule has 0 radical (unpaired) electrons. The van der Waals surface area contributed by atoms with Crippen molar-refractivity contribution in [2.45, 2.75) is 20.3 Å². The van der Waals surface area contributed by atoms with Crippen LogP contribution in [0.3, 0.4) is 0 Å². The Bertz CT molecular complexity index is 628. The molecule has 0 fully saturated rings. The number of hydrogen-bond acceptors (Lipinski definition) is 4. The number of hydrogen-bond donors (Lipinski definition) is 1. The molecular formula is C14H15BrN3O3-. The standard InChI is InChI=1S/C14H16BrN3O3/c1-8-6-11(15)12(16-9(8)2)17-13(19)10-4-3-5-18(7-10)14(20)21/h4,6H,3,5,7H2,1-2H3,(H,20,21)(H,16,17,19)/p-1. The van der Waals surface area contributed by atoms with Crippen LogP contribution in [0.15, 0.2) is 22.2 Å². The molecule has 0 saturated carbocycles. The highest BCUT2D eigenvalue weighted by molar-refractivity contribution is 9.10. The maximum atomic E-state index is 12.2. The molecule has 0 saturated heterocycles. The molecule has 1 aromatic heterocycles. The van der Waals surface area contributed by atoms with E-state index < -0.39 is 6.09 Å². The molecule has 0 aromatic carbocycles. The molecule has 2 heterocycles. The van der Waals surface area contributed by atoms with Crippen molar-refractivity contribution in [1.29, 1.82) is 0 Å². The van der Waals surface area contributed by atoms with E-state index in [1.54, 1.807) is 6.08 Å². The van der Waals surface area contributed by atoms with Crippen molar-refractivity contribution in [3.63, 3.8) is 0 Å². The van der Waals surface area contributed by atoms with Crippen LogP contribution in [0.2, 0.25) is 0 Å². The van der Waals surface area contributed by atoms with E-state index in [9.17, 15) is 14.7 Å². The molecule has 1 N–H and O–H groups in total. The van der Waals surface area contributed by atoms with Crippen LogP contribution >= 0.6 is 15.9 Å². The highest BCUT2D eigenvalue weighted by Gasteiger charge is 2.19. The number of halogens is 1. The largest absolute Gasteiger partial charge is 0.530 e. The maximum Gasteiger partial charge on any atom is 0.254 e. The maximum absolute atomic E-state index is 12.2. The van der Waals surface area contributed by atoms with Crippen molar-refractivity contribution in [2.24, 2.45) is 0 Å². The van der Waals surface area contributed by atoms with Gasteiger partial charge in [-0.1, -0.05) is 6.08 Å². The van der Waals surface area contributed by atoms with E-state index in [0.717, 1.165) is 16.2 Å². The zero-order valence-electron chi connectivity index (χ0n) is 11.8. The molecule has 1 aliphatic rings. The van der Waals surface area contributed by atoms with Gasteiger partial charge in [0.2, 0.25) is 0 Å². The molecule has 0 aliphatic carbocycles. The average molecular weight is 353 g/mol. The lowest BCUT2D eigenvalue weighted by Crippen LogP contribution is -2.45. The van der Waals surface area contributed by atoms with E-state index in [1.165, 1.54) is 0 Å². The van der Waals surface area contributed by atoms with Gasteiger partial charge in [-0.3, -0.25) is 4.79 Å². The van der Waals surface area contributed by atoms with Crippen molar-refractivity contribution in [3.05, 3.63) is 33.4 Å². The van der Waals surface area contributed by atoms with Gasteiger partial charge in [-0.15, -0.1) is 0 Å². The van der Waals surface area contributed by atoms with Crippen LogP contribution in [0.1, 0.15) is 17.7 Å². The minimum Gasteiger partial charge on any atom is -0.530 e. The lowest BCUT2D eigenvalue weighted by Gasteiger charge is -2.28. The summed E-state index contributed by atoms with van der Waals surface area (Å²) in [6.45, 7) is 4.18. The fourth-order valence-electron chi connectivity index (χ4n) is 2.01. The third-order valence-corrected chi connectivity index (χ3v) is 3.96. The van der Waals surface area contributed by atoms with Gasteiger partial charge in [-0.2, -0.15) is 0 Å². The number of nitrogens with zero attached hydrogens (tertiary/aromatic N) is 2. The first-order valence-corrected chi connectivity index (χ1v) is 7.28. The number of carbonyl (C=O) groups is 2. The summed E-state index contributed by atoms with van der Waals surface area (Å²) in [5, 5.41) is 13.6. The summed E-state index contributed by atoms with van der Waals surface area (Å²) in [7, 11) is 0. The zero-order valence-corrected chi connectivity index (χ0v) is 13.4. The summed E-state index contributed by atoms with van der Waals surface area (Å²) in [4.78, 5) is 28.5. The molecule has 0 atom stereocenters. The number of carboxylic acid groups (broad SMARTS) is 1. The Hall–Kier alpha value is -1.89. The molecule has 0 spiro atoms. The zero-order chi connectivity index (χ0) is 15.6. The Morgan fingerprint density at radius 2 is 2.14 bits per heavy atom. The molecule has 6 nitrogen and oxygen atoms in total. The highest BCUT2D eigenvalue weighted by Crippen LogP contribution is 2.23. The van der Waals surface area contributed by atoms with Crippen molar-refractivity contribution >= 4 is 33.7 Å². The van der Waals surface area contributed by atoms with Crippen LogP contribution in [0.25, 0.3) is 0 Å². The van der Waals surface area contributed by atoms with Crippen LogP contribution in [-0.2, 0) is 4.79 Å². The minimum absolute atomic E-state index is 0.0383. The number of rotatable bonds is 2. The predicted molar refractivity (Wildman–Crippen MR) is 79.7 cm³/mol. The van der Waals surface area contributed by atoms with Crippen LogP contribution in [0, 0.1) is 13.8 Å². The quantitative estimate of drug-likeness (QED) is 0.870. The number of aryl methyl sites for hydroxylation is 2. The predicted octanol–water partition coefficient (Wildman–Crippen LogP) is 1.37. The van der Waals surface area contributed by atoms with Gasteiger partial charge in [-0.05, 0) is 47.8 Å². The molecule has 7 heteroatoms. The number of nitrogens with one attached hydrogen (secondary N) is 1. The first kappa shape index (κ1) is 15.5. The summed E-state index contributed by atoms with van der Waals surface area (Å²) in [6.07, 6.45) is 0.973.